The lowest BCUT2D eigenvalue weighted by Gasteiger charge is -2.39. The van der Waals surface area contributed by atoms with Crippen molar-refractivity contribution in [2.24, 2.45) is 5.92 Å². The Labute approximate surface area is 101 Å². The van der Waals surface area contributed by atoms with Crippen LogP contribution in [0.2, 0.25) is 0 Å². The normalized spacial score (nSPS) is 35.2. The fourth-order valence-electron chi connectivity index (χ4n) is 2.75. The average molecular weight is 236 g/mol. The summed E-state index contributed by atoms with van der Waals surface area (Å²) in [6.07, 6.45) is 9.93. The Morgan fingerprint density at radius 1 is 1.31 bits per heavy atom. The van der Waals surface area contributed by atoms with Crippen LogP contribution in [-0.2, 0) is 5.54 Å². The molecule has 0 aromatic carbocycles. The minimum atomic E-state index is 0.224. The van der Waals surface area contributed by atoms with E-state index in [4.69, 9.17) is 0 Å². The highest BCUT2D eigenvalue weighted by Crippen LogP contribution is 2.42. The van der Waals surface area contributed by atoms with Gasteiger partial charge in [-0.05, 0) is 44.4 Å². The van der Waals surface area contributed by atoms with Crippen molar-refractivity contribution in [2.45, 2.75) is 57.0 Å². The van der Waals surface area contributed by atoms with Crippen molar-refractivity contribution in [3.63, 3.8) is 0 Å². The van der Waals surface area contributed by atoms with Crippen molar-refractivity contribution >= 4 is 11.3 Å². The Bertz CT molecular complexity index is 335. The van der Waals surface area contributed by atoms with Gasteiger partial charge in [-0.3, -0.25) is 0 Å². The molecule has 0 aliphatic heterocycles. The molecular formula is C13H20N2S. The van der Waals surface area contributed by atoms with E-state index in [-0.39, 0.29) is 5.54 Å². The van der Waals surface area contributed by atoms with E-state index in [9.17, 15) is 0 Å². The molecule has 0 saturated heterocycles. The zero-order chi connectivity index (χ0) is 11.0. The summed E-state index contributed by atoms with van der Waals surface area (Å²) in [7, 11) is 0. The molecule has 16 heavy (non-hydrogen) atoms. The van der Waals surface area contributed by atoms with Gasteiger partial charge < -0.3 is 5.32 Å². The number of aromatic nitrogens is 1. The Balaban J connectivity index is 1.82. The Kier molecular flexibility index (Phi) is 2.76. The number of hydrogen-bond acceptors (Lipinski definition) is 3. The first kappa shape index (κ1) is 10.7. The molecular weight excluding hydrogens is 216 g/mol. The predicted octanol–water partition coefficient (Wildman–Crippen LogP) is 3.30. The summed E-state index contributed by atoms with van der Waals surface area (Å²) in [5, 5.41) is 7.32. The fraction of sp³-hybridized carbons (Fsp3) is 0.769. The molecule has 0 radical (unpaired) electrons. The topological polar surface area (TPSA) is 24.9 Å². The van der Waals surface area contributed by atoms with Crippen LogP contribution in [0.4, 0.5) is 0 Å². The van der Waals surface area contributed by atoms with E-state index in [2.05, 4.69) is 22.6 Å². The molecule has 0 unspecified atom stereocenters. The Morgan fingerprint density at radius 2 is 2.06 bits per heavy atom. The number of thiazole rings is 1. The van der Waals surface area contributed by atoms with E-state index in [0.717, 1.165) is 12.0 Å². The van der Waals surface area contributed by atoms with Crippen molar-refractivity contribution in [3.8, 4) is 0 Å². The van der Waals surface area contributed by atoms with Crippen LogP contribution in [0.1, 0.15) is 50.5 Å². The Morgan fingerprint density at radius 3 is 2.62 bits per heavy atom. The van der Waals surface area contributed by atoms with Crippen LogP contribution < -0.4 is 5.32 Å². The monoisotopic (exact) mass is 236 g/mol. The largest absolute Gasteiger partial charge is 0.303 e. The minimum Gasteiger partial charge on any atom is -0.303 e. The summed E-state index contributed by atoms with van der Waals surface area (Å²) >= 11 is 1.83. The molecule has 0 bridgehead atoms. The van der Waals surface area contributed by atoms with Gasteiger partial charge in [0.2, 0.25) is 0 Å². The van der Waals surface area contributed by atoms with Gasteiger partial charge in [0, 0.05) is 17.6 Å². The average Bonchev–Trinajstić information content (AvgIpc) is 2.93. The zero-order valence-corrected chi connectivity index (χ0v) is 10.7. The fourth-order valence-corrected chi connectivity index (χ4v) is 3.61. The summed E-state index contributed by atoms with van der Waals surface area (Å²) in [5.74, 6) is 0.897. The summed E-state index contributed by atoms with van der Waals surface area (Å²) in [6.45, 7) is 2.38. The second kappa shape index (κ2) is 4.11. The zero-order valence-electron chi connectivity index (χ0n) is 9.91. The Hall–Kier alpha value is -0.410. The first-order valence-electron chi connectivity index (χ1n) is 6.46. The maximum atomic E-state index is 4.57. The van der Waals surface area contributed by atoms with Gasteiger partial charge in [-0.2, -0.15) is 0 Å². The molecule has 2 saturated carbocycles. The van der Waals surface area contributed by atoms with Gasteiger partial charge >= 0.3 is 0 Å². The highest BCUT2D eigenvalue weighted by Gasteiger charge is 2.41. The minimum absolute atomic E-state index is 0.224. The standard InChI is InChI=1S/C13H20N2S/c1-10-4-6-13(7-5-10,15-11-2-3-11)12-14-8-9-16-12/h8-11,15H,2-7H2,1H3. The summed E-state index contributed by atoms with van der Waals surface area (Å²) in [4.78, 5) is 4.57. The van der Waals surface area contributed by atoms with Gasteiger partial charge in [0.05, 0.1) is 5.54 Å². The molecule has 1 heterocycles. The second-order valence-electron chi connectivity index (χ2n) is 5.52. The summed E-state index contributed by atoms with van der Waals surface area (Å²) < 4.78 is 0. The van der Waals surface area contributed by atoms with Gasteiger partial charge in [0.15, 0.2) is 0 Å². The molecule has 1 aromatic heterocycles. The molecule has 2 fully saturated rings. The van der Waals surface area contributed by atoms with E-state index in [1.165, 1.54) is 43.5 Å². The second-order valence-corrected chi connectivity index (χ2v) is 6.42. The molecule has 0 amide bonds. The number of nitrogens with zero attached hydrogens (tertiary/aromatic N) is 1. The molecule has 1 aromatic rings. The van der Waals surface area contributed by atoms with E-state index < -0.39 is 0 Å². The highest BCUT2D eigenvalue weighted by atomic mass is 32.1. The van der Waals surface area contributed by atoms with Crippen LogP contribution in [0.25, 0.3) is 0 Å². The molecule has 2 aliphatic rings. The lowest BCUT2D eigenvalue weighted by molar-refractivity contribution is 0.193. The maximum Gasteiger partial charge on any atom is 0.113 e. The third kappa shape index (κ3) is 2.03. The SMILES string of the molecule is CC1CCC(NC2CC2)(c2nccs2)CC1. The quantitative estimate of drug-likeness (QED) is 0.871. The third-order valence-electron chi connectivity index (χ3n) is 4.03. The first-order chi connectivity index (χ1) is 7.78. The van der Waals surface area contributed by atoms with Gasteiger partial charge in [0.1, 0.15) is 5.01 Å². The van der Waals surface area contributed by atoms with Crippen LogP contribution in [0.3, 0.4) is 0 Å². The van der Waals surface area contributed by atoms with E-state index >= 15 is 0 Å². The molecule has 1 N–H and O–H groups in total. The highest BCUT2D eigenvalue weighted by molar-refractivity contribution is 7.09. The van der Waals surface area contributed by atoms with Crippen molar-refractivity contribution in [1.29, 1.82) is 0 Å². The molecule has 0 atom stereocenters. The van der Waals surface area contributed by atoms with E-state index in [0.29, 0.717) is 0 Å². The predicted molar refractivity (Wildman–Crippen MR) is 67.6 cm³/mol. The van der Waals surface area contributed by atoms with Crippen LogP contribution in [0.5, 0.6) is 0 Å². The first-order valence-corrected chi connectivity index (χ1v) is 7.34. The van der Waals surface area contributed by atoms with Crippen molar-refractivity contribution in [1.82, 2.24) is 10.3 Å². The lowest BCUT2D eigenvalue weighted by Crippen LogP contribution is -2.46. The molecule has 0 spiro atoms. The number of hydrogen-bond donors (Lipinski definition) is 1. The summed E-state index contributed by atoms with van der Waals surface area (Å²) in [6, 6.07) is 0.775. The van der Waals surface area contributed by atoms with Gasteiger partial charge in [-0.15, -0.1) is 11.3 Å². The van der Waals surface area contributed by atoms with Gasteiger partial charge in [-0.1, -0.05) is 6.92 Å². The molecule has 2 aliphatic carbocycles. The molecule has 3 rings (SSSR count). The van der Waals surface area contributed by atoms with Crippen LogP contribution in [0.15, 0.2) is 11.6 Å². The number of nitrogens with one attached hydrogen (secondary N) is 1. The lowest BCUT2D eigenvalue weighted by atomic mass is 9.77. The smallest absolute Gasteiger partial charge is 0.113 e. The van der Waals surface area contributed by atoms with E-state index in [1.807, 2.05) is 17.5 Å². The third-order valence-corrected chi connectivity index (χ3v) is 5.00. The van der Waals surface area contributed by atoms with Crippen molar-refractivity contribution < 1.29 is 0 Å². The van der Waals surface area contributed by atoms with Crippen LogP contribution >= 0.6 is 11.3 Å². The molecule has 2 nitrogen and oxygen atoms in total. The maximum absolute atomic E-state index is 4.57. The van der Waals surface area contributed by atoms with E-state index in [1.54, 1.807) is 0 Å². The van der Waals surface area contributed by atoms with Gasteiger partial charge in [0.25, 0.3) is 0 Å². The number of rotatable bonds is 3. The van der Waals surface area contributed by atoms with Gasteiger partial charge in [-0.25, -0.2) is 4.98 Å². The molecule has 88 valence electrons. The van der Waals surface area contributed by atoms with Crippen molar-refractivity contribution in [3.05, 3.63) is 16.6 Å². The molecule has 3 heteroatoms. The van der Waals surface area contributed by atoms with Crippen LogP contribution in [0, 0.1) is 5.92 Å². The summed E-state index contributed by atoms with van der Waals surface area (Å²) in [5.41, 5.74) is 0.224. The van der Waals surface area contributed by atoms with Crippen LogP contribution in [-0.4, -0.2) is 11.0 Å². The van der Waals surface area contributed by atoms with Crippen molar-refractivity contribution in [2.75, 3.05) is 0 Å².